The largest absolute Gasteiger partial charge is 0.476 e. The van der Waals surface area contributed by atoms with Crippen molar-refractivity contribution in [2.24, 2.45) is 5.92 Å². The van der Waals surface area contributed by atoms with Gasteiger partial charge in [-0.25, -0.2) is 17.8 Å². The highest BCUT2D eigenvalue weighted by atomic mass is 32.2. The molecule has 1 N–H and O–H groups in total. The number of amides is 1. The molecule has 0 atom stereocenters. The van der Waals surface area contributed by atoms with Gasteiger partial charge in [-0.1, -0.05) is 25.7 Å². The van der Waals surface area contributed by atoms with Gasteiger partial charge in [0.05, 0.1) is 12.3 Å². The third-order valence-corrected chi connectivity index (χ3v) is 5.32. The van der Waals surface area contributed by atoms with Crippen LogP contribution in [-0.4, -0.2) is 36.5 Å². The van der Waals surface area contributed by atoms with Gasteiger partial charge in [0.1, 0.15) is 6.61 Å². The fraction of sp³-hybridized carbons (Fsp3) is 0.692. The minimum Gasteiger partial charge on any atom is -0.476 e. The van der Waals surface area contributed by atoms with Gasteiger partial charge in [0.15, 0.2) is 5.69 Å². The normalized spacial score (nSPS) is 18.5. The van der Waals surface area contributed by atoms with E-state index in [-0.39, 0.29) is 11.4 Å². The highest BCUT2D eigenvalue weighted by Crippen LogP contribution is 2.27. The Balaban J connectivity index is 1.57. The Morgan fingerprint density at radius 1 is 1.43 bits per heavy atom. The first-order chi connectivity index (χ1) is 10.0. The summed E-state index contributed by atoms with van der Waals surface area (Å²) in [4.78, 5) is 11.9. The summed E-state index contributed by atoms with van der Waals surface area (Å²) in [7, 11) is -3.60. The van der Waals surface area contributed by atoms with Crippen molar-refractivity contribution in [3.8, 4) is 5.88 Å². The van der Waals surface area contributed by atoms with Crippen LogP contribution in [-0.2, 0) is 16.6 Å². The van der Waals surface area contributed by atoms with Gasteiger partial charge in [0.25, 0.3) is 5.91 Å². The molecule has 0 spiro atoms. The van der Waals surface area contributed by atoms with Gasteiger partial charge in [-0.3, -0.25) is 4.79 Å². The third-order valence-electron chi connectivity index (χ3n) is 4.05. The Bertz CT molecular complexity index is 610. The van der Waals surface area contributed by atoms with Crippen LogP contribution in [0, 0.1) is 5.92 Å². The van der Waals surface area contributed by atoms with E-state index < -0.39 is 15.9 Å². The van der Waals surface area contributed by atoms with Crippen molar-refractivity contribution >= 4 is 15.9 Å². The minimum absolute atomic E-state index is 0.00648. The molecule has 3 rings (SSSR count). The Hall–Kier alpha value is -1.57. The zero-order valence-corrected chi connectivity index (χ0v) is 12.6. The lowest BCUT2D eigenvalue weighted by Gasteiger charge is -2.09. The van der Waals surface area contributed by atoms with Crippen molar-refractivity contribution in [2.45, 2.75) is 38.6 Å². The summed E-state index contributed by atoms with van der Waals surface area (Å²) in [6, 6.07) is 1.47. The smallest absolute Gasteiger partial charge is 0.285 e. The van der Waals surface area contributed by atoms with Crippen molar-refractivity contribution in [3.63, 3.8) is 0 Å². The lowest BCUT2D eigenvalue weighted by atomic mass is 10.1. The number of nitrogens with zero attached hydrogens (tertiary/aromatic N) is 2. The SMILES string of the molecule is O=C(NS(=O)(=O)CCC1CCCC1)c1cc2n(n1)CCO2. The van der Waals surface area contributed by atoms with Crippen molar-refractivity contribution in [1.29, 1.82) is 0 Å². The molecule has 0 unspecified atom stereocenters. The minimum atomic E-state index is -3.60. The van der Waals surface area contributed by atoms with Crippen LogP contribution in [0.5, 0.6) is 5.88 Å². The molecule has 1 aliphatic heterocycles. The maximum absolute atomic E-state index is 11.9. The van der Waals surface area contributed by atoms with E-state index in [2.05, 4.69) is 9.82 Å². The molecule has 1 fully saturated rings. The standard InChI is InChI=1S/C13H19N3O4S/c17-13(11-9-12-16(14-11)6-7-20-12)15-21(18,19)8-5-10-3-1-2-4-10/h9-10H,1-8H2,(H,15,17). The van der Waals surface area contributed by atoms with Gasteiger partial charge < -0.3 is 4.74 Å². The third kappa shape index (κ3) is 3.37. The summed E-state index contributed by atoms with van der Waals surface area (Å²) >= 11 is 0. The Morgan fingerprint density at radius 2 is 2.19 bits per heavy atom. The number of fused-ring (bicyclic) bond motifs is 1. The molecule has 1 aromatic rings. The molecule has 21 heavy (non-hydrogen) atoms. The van der Waals surface area contributed by atoms with Gasteiger partial charge in [-0.15, -0.1) is 0 Å². The molecule has 2 heterocycles. The first-order valence-electron chi connectivity index (χ1n) is 7.29. The molecule has 1 aromatic heterocycles. The molecule has 116 valence electrons. The van der Waals surface area contributed by atoms with Gasteiger partial charge in [0.2, 0.25) is 15.9 Å². The summed E-state index contributed by atoms with van der Waals surface area (Å²) < 4.78 is 32.8. The zero-order valence-electron chi connectivity index (χ0n) is 11.7. The molecule has 1 aliphatic carbocycles. The van der Waals surface area contributed by atoms with Crippen molar-refractivity contribution in [1.82, 2.24) is 14.5 Å². The Labute approximate surface area is 123 Å². The molecule has 8 heteroatoms. The van der Waals surface area contributed by atoms with Crippen LogP contribution < -0.4 is 9.46 Å². The van der Waals surface area contributed by atoms with Gasteiger partial charge >= 0.3 is 0 Å². The predicted octanol–water partition coefficient (Wildman–Crippen LogP) is 0.915. The summed E-state index contributed by atoms with van der Waals surface area (Å²) in [5.41, 5.74) is 0.0779. The summed E-state index contributed by atoms with van der Waals surface area (Å²) in [5, 5.41) is 4.03. The van der Waals surface area contributed by atoms with Crippen LogP contribution in [0.25, 0.3) is 0 Å². The fourth-order valence-electron chi connectivity index (χ4n) is 2.89. The summed E-state index contributed by atoms with van der Waals surface area (Å²) in [6.07, 6.45) is 5.16. The average molecular weight is 313 g/mol. The Morgan fingerprint density at radius 3 is 2.90 bits per heavy atom. The number of carbonyl (C=O) groups is 1. The van der Waals surface area contributed by atoms with Crippen molar-refractivity contribution in [3.05, 3.63) is 11.8 Å². The Kier molecular flexibility index (Phi) is 3.88. The molecule has 0 radical (unpaired) electrons. The topological polar surface area (TPSA) is 90.3 Å². The van der Waals surface area contributed by atoms with Crippen LogP contribution in [0.4, 0.5) is 0 Å². The van der Waals surface area contributed by atoms with Crippen LogP contribution >= 0.6 is 0 Å². The van der Waals surface area contributed by atoms with Crippen LogP contribution in [0.15, 0.2) is 6.07 Å². The highest BCUT2D eigenvalue weighted by molar-refractivity contribution is 7.90. The molecular formula is C13H19N3O4S. The lowest BCUT2D eigenvalue weighted by Crippen LogP contribution is -2.33. The van der Waals surface area contributed by atoms with Crippen LogP contribution in [0.3, 0.4) is 0 Å². The second kappa shape index (κ2) is 5.67. The van der Waals surface area contributed by atoms with Gasteiger partial charge in [0, 0.05) is 6.07 Å². The second-order valence-corrected chi connectivity index (χ2v) is 7.47. The van der Waals surface area contributed by atoms with E-state index in [1.165, 1.54) is 18.9 Å². The lowest BCUT2D eigenvalue weighted by molar-refractivity contribution is 0.0975. The first kappa shape index (κ1) is 14.4. The maximum Gasteiger partial charge on any atom is 0.285 e. The molecule has 0 saturated heterocycles. The molecule has 1 saturated carbocycles. The van der Waals surface area contributed by atoms with E-state index in [1.54, 1.807) is 4.68 Å². The van der Waals surface area contributed by atoms with Crippen molar-refractivity contribution in [2.75, 3.05) is 12.4 Å². The number of hydrogen-bond acceptors (Lipinski definition) is 5. The van der Waals surface area contributed by atoms with E-state index in [1.807, 2.05) is 0 Å². The molecule has 7 nitrogen and oxygen atoms in total. The van der Waals surface area contributed by atoms with E-state index in [4.69, 9.17) is 4.74 Å². The number of sulfonamides is 1. The summed E-state index contributed by atoms with van der Waals surface area (Å²) in [6.45, 7) is 1.11. The molecule has 1 amide bonds. The first-order valence-corrected chi connectivity index (χ1v) is 8.94. The molecule has 0 bridgehead atoms. The molecular weight excluding hydrogens is 294 g/mol. The average Bonchev–Trinajstić information content (AvgIpc) is 3.12. The number of carbonyl (C=O) groups excluding carboxylic acids is 1. The molecule has 2 aliphatic rings. The van der Waals surface area contributed by atoms with Crippen LogP contribution in [0.1, 0.15) is 42.6 Å². The monoisotopic (exact) mass is 313 g/mol. The second-order valence-electron chi connectivity index (χ2n) is 5.63. The van der Waals surface area contributed by atoms with Crippen molar-refractivity contribution < 1.29 is 17.9 Å². The van der Waals surface area contributed by atoms with Gasteiger partial charge in [-0.05, 0) is 12.3 Å². The summed E-state index contributed by atoms with van der Waals surface area (Å²) in [5.74, 6) is 0.282. The number of nitrogens with one attached hydrogen (secondary N) is 1. The van der Waals surface area contributed by atoms with E-state index in [9.17, 15) is 13.2 Å². The number of aromatic nitrogens is 2. The fourth-order valence-corrected chi connectivity index (χ4v) is 4.02. The number of rotatable bonds is 5. The van der Waals surface area contributed by atoms with E-state index in [0.717, 1.165) is 12.8 Å². The maximum atomic E-state index is 11.9. The number of ether oxygens (including phenoxy) is 1. The van der Waals surface area contributed by atoms with Gasteiger partial charge in [-0.2, -0.15) is 5.10 Å². The van der Waals surface area contributed by atoms with Crippen LogP contribution in [0.2, 0.25) is 0 Å². The molecule has 0 aromatic carbocycles. The number of hydrogen-bond donors (Lipinski definition) is 1. The predicted molar refractivity (Wildman–Crippen MR) is 75.6 cm³/mol. The zero-order chi connectivity index (χ0) is 14.9. The quantitative estimate of drug-likeness (QED) is 0.873. The van der Waals surface area contributed by atoms with E-state index >= 15 is 0 Å². The van der Waals surface area contributed by atoms with E-state index in [0.29, 0.717) is 31.4 Å². The highest BCUT2D eigenvalue weighted by Gasteiger charge is 2.24.